The van der Waals surface area contributed by atoms with Gasteiger partial charge in [-0.15, -0.1) is 24.0 Å². The number of hydrogen-bond acceptors (Lipinski definition) is 2. The molecule has 0 aliphatic carbocycles. The molecule has 21 heavy (non-hydrogen) atoms. The van der Waals surface area contributed by atoms with Crippen molar-refractivity contribution >= 4 is 35.6 Å². The van der Waals surface area contributed by atoms with Crippen molar-refractivity contribution in [2.24, 2.45) is 10.7 Å². The van der Waals surface area contributed by atoms with Gasteiger partial charge in [-0.05, 0) is 55.7 Å². The summed E-state index contributed by atoms with van der Waals surface area (Å²) in [7, 11) is 0. The second kappa shape index (κ2) is 7.97. The first-order chi connectivity index (χ1) is 9.54. The fourth-order valence-corrected chi connectivity index (χ4v) is 2.08. The molecule has 2 aromatic rings. The first-order valence-corrected chi connectivity index (χ1v) is 6.60. The van der Waals surface area contributed by atoms with E-state index in [1.165, 1.54) is 11.1 Å². The number of nitrogens with one attached hydrogen (secondary N) is 1. The van der Waals surface area contributed by atoms with E-state index in [1.54, 1.807) is 6.20 Å². The number of pyridine rings is 1. The summed E-state index contributed by atoms with van der Waals surface area (Å²) < 4.78 is 0. The lowest BCUT2D eigenvalue weighted by Gasteiger charge is -2.08. The Kier molecular flexibility index (Phi) is 6.61. The Bertz CT molecular complexity index is 618. The smallest absolute Gasteiger partial charge is 0.193 e. The van der Waals surface area contributed by atoms with Crippen molar-refractivity contribution in [1.29, 1.82) is 0 Å². The van der Waals surface area contributed by atoms with E-state index in [0.29, 0.717) is 12.5 Å². The first-order valence-electron chi connectivity index (χ1n) is 6.60. The van der Waals surface area contributed by atoms with Crippen LogP contribution >= 0.6 is 24.0 Å². The van der Waals surface area contributed by atoms with Gasteiger partial charge >= 0.3 is 0 Å². The zero-order valence-electron chi connectivity index (χ0n) is 12.6. The van der Waals surface area contributed by atoms with E-state index in [0.717, 1.165) is 16.9 Å². The van der Waals surface area contributed by atoms with E-state index in [1.807, 2.05) is 31.2 Å². The predicted octanol–water partition coefficient (Wildman–Crippen LogP) is 3.55. The number of aromatic nitrogens is 1. The monoisotopic (exact) mass is 396 g/mol. The van der Waals surface area contributed by atoms with Crippen molar-refractivity contribution in [1.82, 2.24) is 4.98 Å². The van der Waals surface area contributed by atoms with Gasteiger partial charge in [-0.2, -0.15) is 0 Å². The van der Waals surface area contributed by atoms with Crippen LogP contribution in [0.2, 0.25) is 0 Å². The Labute approximate surface area is 142 Å². The lowest BCUT2D eigenvalue weighted by atomic mass is 10.1. The van der Waals surface area contributed by atoms with E-state index in [9.17, 15) is 0 Å². The molecular weight excluding hydrogens is 375 g/mol. The molecule has 112 valence electrons. The molecule has 0 atom stereocenters. The number of nitrogens with zero attached hydrogens (tertiary/aromatic N) is 2. The first kappa shape index (κ1) is 17.4. The molecule has 0 amide bonds. The standard InChI is InChI=1S/C16H20N4.HI/c1-11-7-12(2)9-14(8-11)20-16(17)19-10-15-13(3)5-4-6-18-15;/h4-9H,10H2,1-3H3,(H3,17,19,20);1H. The summed E-state index contributed by atoms with van der Waals surface area (Å²) in [6.45, 7) is 6.62. The molecule has 5 heteroatoms. The van der Waals surface area contributed by atoms with Crippen molar-refractivity contribution in [2.45, 2.75) is 27.3 Å². The molecular formula is C16H21IN4. The minimum Gasteiger partial charge on any atom is -0.370 e. The van der Waals surface area contributed by atoms with Crippen LogP contribution in [0.15, 0.2) is 41.5 Å². The molecule has 2 rings (SSSR count). The number of anilines is 1. The summed E-state index contributed by atoms with van der Waals surface area (Å²) >= 11 is 0. The van der Waals surface area contributed by atoms with Crippen molar-refractivity contribution in [2.75, 3.05) is 5.32 Å². The van der Waals surface area contributed by atoms with Gasteiger partial charge in [0, 0.05) is 11.9 Å². The Morgan fingerprint density at radius 2 is 1.86 bits per heavy atom. The van der Waals surface area contributed by atoms with Gasteiger partial charge in [-0.25, -0.2) is 4.99 Å². The van der Waals surface area contributed by atoms with Crippen LogP contribution in [0.25, 0.3) is 0 Å². The van der Waals surface area contributed by atoms with E-state index in [-0.39, 0.29) is 24.0 Å². The zero-order valence-corrected chi connectivity index (χ0v) is 14.9. The molecule has 0 unspecified atom stereocenters. The van der Waals surface area contributed by atoms with E-state index < -0.39 is 0 Å². The molecule has 1 aromatic carbocycles. The van der Waals surface area contributed by atoms with Crippen LogP contribution in [-0.4, -0.2) is 10.9 Å². The topological polar surface area (TPSA) is 63.3 Å². The van der Waals surface area contributed by atoms with Crippen molar-refractivity contribution < 1.29 is 0 Å². The molecule has 1 aromatic heterocycles. The lowest BCUT2D eigenvalue weighted by molar-refractivity contribution is 0.964. The summed E-state index contributed by atoms with van der Waals surface area (Å²) in [4.78, 5) is 8.63. The molecule has 0 aliphatic rings. The van der Waals surface area contributed by atoms with Crippen molar-refractivity contribution in [3.05, 3.63) is 58.9 Å². The molecule has 0 saturated heterocycles. The van der Waals surface area contributed by atoms with Gasteiger partial charge in [-0.1, -0.05) is 12.1 Å². The highest BCUT2D eigenvalue weighted by atomic mass is 127. The number of nitrogens with two attached hydrogens (primary N) is 1. The quantitative estimate of drug-likeness (QED) is 0.474. The van der Waals surface area contributed by atoms with Crippen LogP contribution in [0.5, 0.6) is 0 Å². The fourth-order valence-electron chi connectivity index (χ4n) is 2.08. The molecule has 0 saturated carbocycles. The zero-order chi connectivity index (χ0) is 14.5. The Morgan fingerprint density at radius 1 is 1.19 bits per heavy atom. The minimum atomic E-state index is 0. The van der Waals surface area contributed by atoms with Crippen molar-refractivity contribution in [3.63, 3.8) is 0 Å². The number of benzene rings is 1. The lowest BCUT2D eigenvalue weighted by Crippen LogP contribution is -2.22. The molecule has 0 bridgehead atoms. The molecule has 0 fully saturated rings. The van der Waals surface area contributed by atoms with Gasteiger partial charge in [0.15, 0.2) is 5.96 Å². The Hall–Kier alpha value is -1.63. The molecule has 0 radical (unpaired) electrons. The van der Waals surface area contributed by atoms with Crippen LogP contribution < -0.4 is 11.1 Å². The number of halogens is 1. The molecule has 3 N–H and O–H groups in total. The number of guanidine groups is 1. The van der Waals surface area contributed by atoms with Crippen LogP contribution in [0.4, 0.5) is 5.69 Å². The Balaban J connectivity index is 0.00000220. The highest BCUT2D eigenvalue weighted by molar-refractivity contribution is 14.0. The van der Waals surface area contributed by atoms with Gasteiger partial charge in [0.25, 0.3) is 0 Å². The van der Waals surface area contributed by atoms with Crippen LogP contribution in [0.1, 0.15) is 22.4 Å². The van der Waals surface area contributed by atoms with Gasteiger partial charge in [0.1, 0.15) is 0 Å². The van der Waals surface area contributed by atoms with Crippen LogP contribution in [0, 0.1) is 20.8 Å². The Morgan fingerprint density at radius 3 is 2.48 bits per heavy atom. The van der Waals surface area contributed by atoms with Crippen LogP contribution in [0.3, 0.4) is 0 Å². The summed E-state index contributed by atoms with van der Waals surface area (Å²) in [5.41, 5.74) is 11.3. The summed E-state index contributed by atoms with van der Waals surface area (Å²) in [6, 6.07) is 10.1. The maximum Gasteiger partial charge on any atom is 0.193 e. The summed E-state index contributed by atoms with van der Waals surface area (Å²) in [5, 5.41) is 3.11. The maximum atomic E-state index is 5.91. The van der Waals surface area contributed by atoms with Crippen molar-refractivity contribution in [3.8, 4) is 0 Å². The molecule has 1 heterocycles. The third kappa shape index (κ3) is 5.34. The molecule has 0 aliphatic heterocycles. The molecule has 4 nitrogen and oxygen atoms in total. The number of aliphatic imine (C=N–C) groups is 1. The average molecular weight is 396 g/mol. The third-order valence-corrected chi connectivity index (χ3v) is 3.01. The summed E-state index contributed by atoms with van der Waals surface area (Å²) in [6.07, 6.45) is 1.77. The van der Waals surface area contributed by atoms with E-state index in [2.05, 4.69) is 35.2 Å². The summed E-state index contributed by atoms with van der Waals surface area (Å²) in [5.74, 6) is 0.403. The second-order valence-electron chi connectivity index (χ2n) is 4.97. The highest BCUT2D eigenvalue weighted by Gasteiger charge is 2.00. The minimum absolute atomic E-state index is 0. The van der Waals surface area contributed by atoms with E-state index in [4.69, 9.17) is 5.73 Å². The fraction of sp³-hybridized carbons (Fsp3) is 0.250. The maximum absolute atomic E-state index is 5.91. The van der Waals surface area contributed by atoms with E-state index >= 15 is 0 Å². The van der Waals surface area contributed by atoms with Gasteiger partial charge in [0.2, 0.25) is 0 Å². The van der Waals surface area contributed by atoms with Crippen LogP contribution in [-0.2, 0) is 6.54 Å². The van der Waals surface area contributed by atoms with Gasteiger partial charge < -0.3 is 11.1 Å². The molecule has 0 spiro atoms. The number of rotatable bonds is 3. The van der Waals surface area contributed by atoms with Gasteiger partial charge in [-0.3, -0.25) is 4.98 Å². The second-order valence-corrected chi connectivity index (χ2v) is 4.97. The SMILES string of the molecule is Cc1cc(C)cc(NC(N)=NCc2ncccc2C)c1.I. The number of aryl methyl sites for hydroxylation is 3. The average Bonchev–Trinajstić information content (AvgIpc) is 2.36. The highest BCUT2D eigenvalue weighted by Crippen LogP contribution is 2.13. The largest absolute Gasteiger partial charge is 0.370 e. The normalized spacial score (nSPS) is 10.9. The third-order valence-electron chi connectivity index (χ3n) is 3.01. The number of hydrogen-bond donors (Lipinski definition) is 2. The predicted molar refractivity (Wildman–Crippen MR) is 99.3 cm³/mol. The van der Waals surface area contributed by atoms with Gasteiger partial charge in [0.05, 0.1) is 12.2 Å².